The van der Waals surface area contributed by atoms with E-state index in [1.165, 1.54) is 11.8 Å². The molecular weight excluding hydrogens is 384 g/mol. The molecule has 0 N–H and O–H groups in total. The topological polar surface area (TPSA) is 73.8 Å². The Morgan fingerprint density at radius 2 is 1.93 bits per heavy atom. The van der Waals surface area contributed by atoms with Crippen molar-refractivity contribution < 1.29 is 9.21 Å². The summed E-state index contributed by atoms with van der Waals surface area (Å²) in [6.45, 7) is 0.626. The molecular formula is C22H20N4O2S. The number of Topliss-reactive ketones (excluding diaryl/α,β-unsaturated/α-hetero) is 1. The van der Waals surface area contributed by atoms with E-state index in [-0.39, 0.29) is 5.78 Å². The lowest BCUT2D eigenvalue weighted by atomic mass is 10.2. The van der Waals surface area contributed by atoms with Crippen molar-refractivity contribution in [3.8, 4) is 11.4 Å². The Hall–Kier alpha value is -3.19. The molecule has 0 aliphatic carbocycles. The number of carbonyl (C=O) groups is 1. The number of pyridine rings is 1. The first kappa shape index (κ1) is 19.1. The molecule has 3 heterocycles. The van der Waals surface area contributed by atoms with Crippen molar-refractivity contribution in [3.05, 3.63) is 84.6 Å². The van der Waals surface area contributed by atoms with Crippen LogP contribution < -0.4 is 0 Å². The third-order valence-electron chi connectivity index (χ3n) is 4.41. The summed E-state index contributed by atoms with van der Waals surface area (Å²) in [4.78, 5) is 16.5. The maximum atomic E-state index is 12.3. The highest BCUT2D eigenvalue weighted by Gasteiger charge is 2.16. The zero-order chi connectivity index (χ0) is 19.9. The average Bonchev–Trinajstić information content (AvgIpc) is 3.42. The molecule has 7 heteroatoms. The zero-order valence-corrected chi connectivity index (χ0v) is 16.6. The van der Waals surface area contributed by atoms with Gasteiger partial charge in [0.15, 0.2) is 11.0 Å². The largest absolute Gasteiger partial charge is 0.469 e. The van der Waals surface area contributed by atoms with Crippen molar-refractivity contribution in [2.24, 2.45) is 0 Å². The normalized spacial score (nSPS) is 10.9. The minimum Gasteiger partial charge on any atom is -0.469 e. The number of hydrogen-bond donors (Lipinski definition) is 0. The lowest BCUT2D eigenvalue weighted by molar-refractivity contribution is -0.116. The van der Waals surface area contributed by atoms with Gasteiger partial charge in [0.05, 0.1) is 18.6 Å². The van der Waals surface area contributed by atoms with Crippen molar-refractivity contribution in [3.63, 3.8) is 0 Å². The van der Waals surface area contributed by atoms with Gasteiger partial charge in [-0.15, -0.1) is 10.2 Å². The van der Waals surface area contributed by atoms with E-state index in [1.54, 1.807) is 18.7 Å². The summed E-state index contributed by atoms with van der Waals surface area (Å²) in [5, 5.41) is 9.44. The number of aryl methyl sites for hydroxylation is 1. The molecule has 4 rings (SSSR count). The Balaban J connectivity index is 1.50. The maximum Gasteiger partial charge on any atom is 0.192 e. The quantitative estimate of drug-likeness (QED) is 0.388. The van der Waals surface area contributed by atoms with Gasteiger partial charge in [-0.1, -0.05) is 42.1 Å². The molecule has 0 aliphatic heterocycles. The number of thioether (sulfide) groups is 1. The Labute approximate surface area is 173 Å². The number of benzene rings is 1. The summed E-state index contributed by atoms with van der Waals surface area (Å²) in [5.41, 5.74) is 2.04. The highest BCUT2D eigenvalue weighted by atomic mass is 32.2. The van der Waals surface area contributed by atoms with Crippen LogP contribution in [0, 0.1) is 0 Å². The molecule has 0 amide bonds. The van der Waals surface area contributed by atoms with Gasteiger partial charge in [-0.3, -0.25) is 14.3 Å². The van der Waals surface area contributed by atoms with Crippen molar-refractivity contribution >= 4 is 17.5 Å². The summed E-state index contributed by atoms with van der Waals surface area (Å²) in [6.07, 6.45) is 6.19. The van der Waals surface area contributed by atoms with Gasteiger partial charge in [0.2, 0.25) is 0 Å². The average molecular weight is 404 g/mol. The first-order valence-electron chi connectivity index (χ1n) is 9.34. The molecule has 3 aromatic heterocycles. The minimum absolute atomic E-state index is 0.156. The SMILES string of the molecule is O=C(CCc1ccco1)CSc1nnc(-c2cccnc2)n1Cc1ccccc1. The van der Waals surface area contributed by atoms with Crippen LogP contribution >= 0.6 is 11.8 Å². The number of ketones is 1. The van der Waals surface area contributed by atoms with Crippen LogP contribution in [0.15, 0.2) is 82.8 Å². The maximum absolute atomic E-state index is 12.3. The summed E-state index contributed by atoms with van der Waals surface area (Å²) in [7, 11) is 0. The zero-order valence-electron chi connectivity index (χ0n) is 15.8. The first-order chi connectivity index (χ1) is 14.3. The van der Waals surface area contributed by atoms with E-state index >= 15 is 0 Å². The Morgan fingerprint density at radius 1 is 1.03 bits per heavy atom. The molecule has 0 saturated heterocycles. The van der Waals surface area contributed by atoms with Crippen LogP contribution in [0.25, 0.3) is 11.4 Å². The van der Waals surface area contributed by atoms with Gasteiger partial charge in [-0.2, -0.15) is 0 Å². The second kappa shape index (κ2) is 9.34. The van der Waals surface area contributed by atoms with E-state index in [9.17, 15) is 4.79 Å². The van der Waals surface area contributed by atoms with Crippen LogP contribution in [-0.4, -0.2) is 31.3 Å². The van der Waals surface area contributed by atoms with E-state index in [1.807, 2.05) is 47.0 Å². The lowest BCUT2D eigenvalue weighted by Crippen LogP contribution is -2.07. The van der Waals surface area contributed by atoms with Crippen molar-refractivity contribution in [1.29, 1.82) is 0 Å². The fourth-order valence-corrected chi connectivity index (χ4v) is 3.79. The molecule has 29 heavy (non-hydrogen) atoms. The molecule has 0 atom stereocenters. The fourth-order valence-electron chi connectivity index (χ4n) is 2.95. The van der Waals surface area contributed by atoms with Crippen LogP contribution in [0.1, 0.15) is 17.7 Å². The van der Waals surface area contributed by atoms with Crippen LogP contribution in [0.4, 0.5) is 0 Å². The molecule has 6 nitrogen and oxygen atoms in total. The Morgan fingerprint density at radius 3 is 2.69 bits per heavy atom. The summed E-state index contributed by atoms with van der Waals surface area (Å²) in [5.74, 6) is 2.08. The summed E-state index contributed by atoms with van der Waals surface area (Å²) in [6, 6.07) is 17.7. The molecule has 146 valence electrons. The van der Waals surface area contributed by atoms with Gasteiger partial charge in [0, 0.05) is 30.8 Å². The van der Waals surface area contributed by atoms with Gasteiger partial charge >= 0.3 is 0 Å². The van der Waals surface area contributed by atoms with E-state index in [4.69, 9.17) is 4.42 Å². The molecule has 0 saturated carbocycles. The number of rotatable bonds is 9. The highest BCUT2D eigenvalue weighted by Crippen LogP contribution is 2.25. The third-order valence-corrected chi connectivity index (χ3v) is 5.44. The third kappa shape index (κ3) is 5.00. The fraction of sp³-hybridized carbons (Fsp3) is 0.182. The van der Waals surface area contributed by atoms with Crippen molar-refractivity contribution in [2.75, 3.05) is 5.75 Å². The predicted octanol–water partition coefficient (Wildman–Crippen LogP) is 4.28. The lowest BCUT2D eigenvalue weighted by Gasteiger charge is -2.10. The van der Waals surface area contributed by atoms with Gasteiger partial charge < -0.3 is 4.42 Å². The molecule has 0 radical (unpaired) electrons. The number of furan rings is 1. The monoisotopic (exact) mass is 404 g/mol. The van der Waals surface area contributed by atoms with E-state index < -0.39 is 0 Å². The van der Waals surface area contributed by atoms with Crippen molar-refractivity contribution in [2.45, 2.75) is 24.5 Å². The van der Waals surface area contributed by atoms with Gasteiger partial charge in [-0.05, 0) is 29.8 Å². The Kier molecular flexibility index (Phi) is 6.16. The van der Waals surface area contributed by atoms with Crippen LogP contribution in [-0.2, 0) is 17.8 Å². The second-order valence-electron chi connectivity index (χ2n) is 6.53. The van der Waals surface area contributed by atoms with Crippen LogP contribution in [0.3, 0.4) is 0 Å². The second-order valence-corrected chi connectivity index (χ2v) is 7.47. The standard InChI is InChI=1S/C22H20N4O2S/c27-19(10-11-20-9-5-13-28-20)16-29-22-25-24-21(18-8-4-12-23-14-18)26(22)15-17-6-2-1-3-7-17/h1-9,12-14H,10-11,15-16H2. The molecule has 0 aliphatic rings. The molecule has 0 spiro atoms. The number of nitrogens with zero attached hydrogens (tertiary/aromatic N) is 4. The molecule has 0 fully saturated rings. The van der Waals surface area contributed by atoms with Gasteiger partial charge in [-0.25, -0.2) is 0 Å². The van der Waals surface area contributed by atoms with Crippen molar-refractivity contribution in [1.82, 2.24) is 19.7 Å². The summed E-state index contributed by atoms with van der Waals surface area (Å²) >= 11 is 1.42. The number of carbonyl (C=O) groups excluding carboxylic acids is 1. The molecule has 0 unspecified atom stereocenters. The van der Waals surface area contributed by atoms with Crippen LogP contribution in [0.5, 0.6) is 0 Å². The molecule has 1 aromatic carbocycles. The molecule has 0 bridgehead atoms. The van der Waals surface area contributed by atoms with Crippen LogP contribution in [0.2, 0.25) is 0 Å². The van der Waals surface area contributed by atoms with E-state index in [0.717, 1.165) is 27.9 Å². The number of aromatic nitrogens is 4. The summed E-state index contributed by atoms with van der Waals surface area (Å²) < 4.78 is 7.33. The smallest absolute Gasteiger partial charge is 0.192 e. The van der Waals surface area contributed by atoms with Gasteiger partial charge in [0.25, 0.3) is 0 Å². The van der Waals surface area contributed by atoms with Gasteiger partial charge in [0.1, 0.15) is 11.5 Å². The Bertz CT molecular complexity index is 1050. The minimum atomic E-state index is 0.156. The predicted molar refractivity (Wildman–Crippen MR) is 112 cm³/mol. The first-order valence-corrected chi connectivity index (χ1v) is 10.3. The van der Waals surface area contributed by atoms with E-state index in [2.05, 4.69) is 27.3 Å². The molecule has 4 aromatic rings. The highest BCUT2D eigenvalue weighted by molar-refractivity contribution is 7.99. The number of hydrogen-bond acceptors (Lipinski definition) is 6. The van der Waals surface area contributed by atoms with E-state index in [0.29, 0.717) is 25.1 Å².